The van der Waals surface area contributed by atoms with Crippen LogP contribution in [0.1, 0.15) is 5.56 Å². The number of hydrogen-bond donors (Lipinski definition) is 2. The molecule has 0 aliphatic heterocycles. The molecule has 0 atom stereocenters. The average Bonchev–Trinajstić information content (AvgIpc) is 2.87. The van der Waals surface area contributed by atoms with Crippen LogP contribution in [-0.2, 0) is 16.4 Å². The van der Waals surface area contributed by atoms with Gasteiger partial charge in [0.2, 0.25) is 5.88 Å². The second-order valence-corrected chi connectivity index (χ2v) is 7.71. The topological polar surface area (TPSA) is 120 Å². The summed E-state index contributed by atoms with van der Waals surface area (Å²) in [6, 6.07) is 6.57. The van der Waals surface area contributed by atoms with E-state index in [1.807, 2.05) is 0 Å². The summed E-state index contributed by atoms with van der Waals surface area (Å²) in [5.74, 6) is -0.228. The smallest absolute Gasteiger partial charge is 0.493 e. The number of imidazole rings is 1. The number of anilines is 1. The fourth-order valence-electron chi connectivity index (χ4n) is 2.53. The third-order valence-electron chi connectivity index (χ3n) is 3.85. The molecular formula is C16H13F3N4O4S. The molecule has 28 heavy (non-hydrogen) atoms. The zero-order chi connectivity index (χ0) is 20.7. The third-order valence-corrected chi connectivity index (χ3v) is 5.35. The molecule has 0 spiro atoms. The van der Waals surface area contributed by atoms with Crippen molar-refractivity contribution in [3.8, 4) is 11.6 Å². The Labute approximate surface area is 156 Å². The molecule has 1 aromatic carbocycles. The standard InChI is InChI=1S/C16H13F3N4O4S/c17-16(18,19)28(26,27)12-3-1-11(2-4-12)23-14(24)9-22(15(23)25)8-10-5-6-21-13(20)7-10/h1-7,9,24H,8H2,(H2,20,21). The Balaban J connectivity index is 1.97. The van der Waals surface area contributed by atoms with Crippen LogP contribution in [0.2, 0.25) is 0 Å². The first kappa shape index (κ1) is 19.5. The molecule has 0 saturated heterocycles. The van der Waals surface area contributed by atoms with Crippen molar-refractivity contribution in [2.75, 3.05) is 5.73 Å². The molecule has 2 aromatic heterocycles. The highest BCUT2D eigenvalue weighted by Gasteiger charge is 2.46. The van der Waals surface area contributed by atoms with Gasteiger partial charge < -0.3 is 10.8 Å². The lowest BCUT2D eigenvalue weighted by Gasteiger charge is -2.09. The Hall–Kier alpha value is -3.28. The summed E-state index contributed by atoms with van der Waals surface area (Å²) in [6.07, 6.45) is 2.59. The van der Waals surface area contributed by atoms with E-state index in [2.05, 4.69) is 4.98 Å². The van der Waals surface area contributed by atoms with Gasteiger partial charge in [0.15, 0.2) is 0 Å². The third kappa shape index (κ3) is 3.45. The summed E-state index contributed by atoms with van der Waals surface area (Å²) in [7, 11) is -5.51. The second kappa shape index (κ2) is 6.71. The van der Waals surface area contributed by atoms with Crippen LogP contribution in [-0.4, -0.2) is 33.2 Å². The molecule has 0 aliphatic rings. The first-order chi connectivity index (χ1) is 13.0. The van der Waals surface area contributed by atoms with E-state index >= 15 is 0 Å². The Bertz CT molecular complexity index is 1180. The van der Waals surface area contributed by atoms with Crippen LogP contribution >= 0.6 is 0 Å². The average molecular weight is 414 g/mol. The molecule has 0 aliphatic carbocycles. The maximum absolute atomic E-state index is 12.6. The predicted octanol–water partition coefficient (Wildman–Crippen LogP) is 1.66. The fourth-order valence-corrected chi connectivity index (χ4v) is 3.29. The van der Waals surface area contributed by atoms with Crippen molar-refractivity contribution in [2.24, 2.45) is 0 Å². The lowest BCUT2D eigenvalue weighted by atomic mass is 10.2. The molecular weight excluding hydrogens is 401 g/mol. The van der Waals surface area contributed by atoms with Gasteiger partial charge in [0.05, 0.1) is 23.3 Å². The van der Waals surface area contributed by atoms with E-state index < -0.39 is 31.8 Å². The normalized spacial score (nSPS) is 12.2. The number of nitrogens with zero attached hydrogens (tertiary/aromatic N) is 3. The largest absolute Gasteiger partial charge is 0.501 e. The van der Waals surface area contributed by atoms with Crippen LogP contribution in [0.3, 0.4) is 0 Å². The van der Waals surface area contributed by atoms with Crippen molar-refractivity contribution in [2.45, 2.75) is 16.9 Å². The van der Waals surface area contributed by atoms with E-state index in [-0.39, 0.29) is 18.1 Å². The van der Waals surface area contributed by atoms with Gasteiger partial charge in [-0.15, -0.1) is 0 Å². The van der Waals surface area contributed by atoms with Gasteiger partial charge >= 0.3 is 11.2 Å². The maximum atomic E-state index is 12.6. The van der Waals surface area contributed by atoms with Crippen LogP contribution < -0.4 is 11.4 Å². The van der Waals surface area contributed by atoms with Crippen molar-refractivity contribution in [1.29, 1.82) is 0 Å². The van der Waals surface area contributed by atoms with Crippen molar-refractivity contribution < 1.29 is 26.7 Å². The summed E-state index contributed by atoms with van der Waals surface area (Å²) < 4.78 is 62.6. The summed E-state index contributed by atoms with van der Waals surface area (Å²) in [5, 5.41) is 10.1. The number of hydrogen-bond acceptors (Lipinski definition) is 6. The zero-order valence-electron chi connectivity index (χ0n) is 14.0. The highest BCUT2D eigenvalue weighted by Crippen LogP contribution is 2.30. The van der Waals surface area contributed by atoms with E-state index in [9.17, 15) is 31.5 Å². The molecule has 3 rings (SSSR count). The van der Waals surface area contributed by atoms with Crippen molar-refractivity contribution in [3.05, 3.63) is 64.8 Å². The molecule has 148 valence electrons. The molecule has 0 bridgehead atoms. The van der Waals surface area contributed by atoms with Crippen LogP contribution in [0.25, 0.3) is 5.69 Å². The SMILES string of the molecule is Nc1cc(Cn2cc(O)n(-c3ccc(S(=O)(=O)C(F)(F)F)cc3)c2=O)ccn1. The number of benzene rings is 1. The van der Waals surface area contributed by atoms with Gasteiger partial charge in [-0.2, -0.15) is 13.2 Å². The number of halogens is 3. The monoisotopic (exact) mass is 414 g/mol. The van der Waals surface area contributed by atoms with Crippen LogP contribution in [0.5, 0.6) is 5.88 Å². The molecule has 3 aromatic rings. The highest BCUT2D eigenvalue weighted by atomic mass is 32.2. The van der Waals surface area contributed by atoms with E-state index in [1.165, 1.54) is 12.3 Å². The van der Waals surface area contributed by atoms with Crippen LogP contribution in [0.15, 0.2) is 58.5 Å². The molecule has 0 radical (unpaired) electrons. The number of aromatic hydroxyl groups is 1. The van der Waals surface area contributed by atoms with E-state index in [4.69, 9.17) is 5.73 Å². The van der Waals surface area contributed by atoms with Crippen molar-refractivity contribution in [1.82, 2.24) is 14.1 Å². The van der Waals surface area contributed by atoms with Gasteiger partial charge in [0.1, 0.15) is 5.82 Å². The fraction of sp³-hybridized carbons (Fsp3) is 0.125. The van der Waals surface area contributed by atoms with Gasteiger partial charge in [0.25, 0.3) is 9.84 Å². The quantitative estimate of drug-likeness (QED) is 0.670. The maximum Gasteiger partial charge on any atom is 0.501 e. The lowest BCUT2D eigenvalue weighted by molar-refractivity contribution is -0.0436. The number of pyridine rings is 1. The first-order valence-corrected chi connectivity index (χ1v) is 9.12. The predicted molar refractivity (Wildman–Crippen MR) is 92.7 cm³/mol. The van der Waals surface area contributed by atoms with Gasteiger partial charge in [-0.3, -0.25) is 4.57 Å². The Kier molecular flexibility index (Phi) is 4.67. The van der Waals surface area contributed by atoms with Gasteiger partial charge in [-0.25, -0.2) is 22.8 Å². The number of alkyl halides is 3. The van der Waals surface area contributed by atoms with Gasteiger partial charge in [-0.05, 0) is 42.0 Å². The van der Waals surface area contributed by atoms with Crippen LogP contribution in [0, 0.1) is 0 Å². The Morgan fingerprint density at radius 2 is 1.79 bits per heavy atom. The molecule has 0 unspecified atom stereocenters. The minimum absolute atomic E-state index is 0.00313. The molecule has 12 heteroatoms. The molecule has 0 saturated carbocycles. The lowest BCUT2D eigenvalue weighted by Crippen LogP contribution is -2.24. The Morgan fingerprint density at radius 3 is 2.36 bits per heavy atom. The summed E-state index contributed by atoms with van der Waals surface area (Å²) in [4.78, 5) is 15.4. The molecule has 0 amide bonds. The summed E-state index contributed by atoms with van der Waals surface area (Å²) in [5.41, 5.74) is 0.0858. The summed E-state index contributed by atoms with van der Waals surface area (Å²) >= 11 is 0. The second-order valence-electron chi connectivity index (χ2n) is 5.77. The van der Waals surface area contributed by atoms with Crippen molar-refractivity contribution in [3.63, 3.8) is 0 Å². The minimum atomic E-state index is -5.51. The van der Waals surface area contributed by atoms with Crippen molar-refractivity contribution >= 4 is 15.7 Å². The van der Waals surface area contributed by atoms with Gasteiger partial charge in [0, 0.05) is 6.20 Å². The molecule has 0 fully saturated rings. The number of nitrogen functional groups attached to an aromatic ring is 1. The number of nitrogens with two attached hydrogens (primary N) is 1. The molecule has 8 nitrogen and oxygen atoms in total. The molecule has 2 heterocycles. The van der Waals surface area contributed by atoms with E-state index in [1.54, 1.807) is 6.07 Å². The van der Waals surface area contributed by atoms with E-state index in [0.717, 1.165) is 27.5 Å². The van der Waals surface area contributed by atoms with Gasteiger partial charge in [-0.1, -0.05) is 0 Å². The number of rotatable bonds is 4. The first-order valence-electron chi connectivity index (χ1n) is 7.64. The van der Waals surface area contributed by atoms with Crippen LogP contribution in [0.4, 0.5) is 19.0 Å². The minimum Gasteiger partial charge on any atom is -0.493 e. The number of aromatic nitrogens is 3. The highest BCUT2D eigenvalue weighted by molar-refractivity contribution is 7.92. The van der Waals surface area contributed by atoms with E-state index in [0.29, 0.717) is 17.7 Å². The Morgan fingerprint density at radius 1 is 1.14 bits per heavy atom. The molecule has 3 N–H and O–H groups in total. The summed E-state index contributed by atoms with van der Waals surface area (Å²) in [6.45, 7) is 0.0622. The number of sulfone groups is 1. The zero-order valence-corrected chi connectivity index (χ0v) is 14.8.